The van der Waals surface area contributed by atoms with Gasteiger partial charge in [-0.1, -0.05) is 11.8 Å². The highest BCUT2D eigenvalue weighted by Gasteiger charge is 2.16. The van der Waals surface area contributed by atoms with Crippen LogP contribution in [0.25, 0.3) is 0 Å². The molecule has 0 unspecified atom stereocenters. The van der Waals surface area contributed by atoms with Crippen molar-refractivity contribution in [3.8, 4) is 11.8 Å². The van der Waals surface area contributed by atoms with Gasteiger partial charge in [-0.15, -0.1) is 11.3 Å². The van der Waals surface area contributed by atoms with E-state index in [1.54, 1.807) is 0 Å². The SMILES string of the molecule is Cc1cc(C(=O)NCC2CCOCC2)sc1C#CCO. The van der Waals surface area contributed by atoms with Crippen molar-refractivity contribution >= 4 is 17.2 Å². The third-order valence-corrected chi connectivity index (χ3v) is 4.47. The van der Waals surface area contributed by atoms with E-state index in [4.69, 9.17) is 9.84 Å². The van der Waals surface area contributed by atoms with Gasteiger partial charge in [0.2, 0.25) is 0 Å². The van der Waals surface area contributed by atoms with Crippen LogP contribution in [-0.4, -0.2) is 37.4 Å². The van der Waals surface area contributed by atoms with Gasteiger partial charge in [-0.25, -0.2) is 0 Å². The first-order valence-electron chi connectivity index (χ1n) is 6.77. The van der Waals surface area contributed by atoms with E-state index in [0.29, 0.717) is 17.3 Å². The van der Waals surface area contributed by atoms with E-state index in [0.717, 1.165) is 36.5 Å². The van der Waals surface area contributed by atoms with Crippen LogP contribution in [0.1, 0.15) is 33.0 Å². The zero-order valence-electron chi connectivity index (χ0n) is 11.6. The fraction of sp³-hybridized carbons (Fsp3) is 0.533. The summed E-state index contributed by atoms with van der Waals surface area (Å²) >= 11 is 1.37. The number of carbonyl (C=O) groups excluding carboxylic acids is 1. The van der Waals surface area contributed by atoms with Gasteiger partial charge in [-0.3, -0.25) is 4.79 Å². The Kier molecular flexibility index (Phi) is 5.60. The van der Waals surface area contributed by atoms with Crippen LogP contribution in [0.5, 0.6) is 0 Å². The van der Waals surface area contributed by atoms with Crippen LogP contribution in [0, 0.1) is 24.7 Å². The second-order valence-electron chi connectivity index (χ2n) is 4.85. The molecule has 1 aromatic rings. The fourth-order valence-corrected chi connectivity index (χ4v) is 3.08. The molecular weight excluding hydrogens is 274 g/mol. The summed E-state index contributed by atoms with van der Waals surface area (Å²) in [6, 6.07) is 1.85. The minimum absolute atomic E-state index is 0.0401. The predicted molar refractivity (Wildman–Crippen MR) is 78.9 cm³/mol. The number of aryl methyl sites for hydroxylation is 1. The third-order valence-electron chi connectivity index (χ3n) is 3.31. The van der Waals surface area contributed by atoms with Crippen molar-refractivity contribution in [3.63, 3.8) is 0 Å². The number of aliphatic hydroxyl groups excluding tert-OH is 1. The quantitative estimate of drug-likeness (QED) is 0.832. The lowest BCUT2D eigenvalue weighted by Crippen LogP contribution is -2.31. The molecule has 1 fully saturated rings. The van der Waals surface area contributed by atoms with Crippen LogP contribution in [0.2, 0.25) is 0 Å². The number of amides is 1. The first-order chi connectivity index (χ1) is 9.70. The topological polar surface area (TPSA) is 58.6 Å². The number of hydrogen-bond acceptors (Lipinski definition) is 4. The van der Waals surface area contributed by atoms with E-state index in [9.17, 15) is 4.79 Å². The molecule has 0 spiro atoms. The standard InChI is InChI=1S/C15H19NO3S/c1-11-9-14(20-13(11)3-2-6-17)15(18)16-10-12-4-7-19-8-5-12/h9,12,17H,4-8,10H2,1H3,(H,16,18). The summed E-state index contributed by atoms with van der Waals surface area (Å²) in [5.74, 6) is 5.95. The lowest BCUT2D eigenvalue weighted by molar-refractivity contribution is 0.0643. The molecule has 1 saturated heterocycles. The second kappa shape index (κ2) is 7.44. The molecule has 2 heterocycles. The molecule has 0 aromatic carbocycles. The molecule has 1 amide bonds. The van der Waals surface area contributed by atoms with Gasteiger partial charge in [0.05, 0.1) is 9.75 Å². The molecule has 1 aliphatic heterocycles. The van der Waals surface area contributed by atoms with Crippen molar-refractivity contribution in [1.82, 2.24) is 5.32 Å². The van der Waals surface area contributed by atoms with Gasteiger partial charge in [0.1, 0.15) is 6.61 Å². The Morgan fingerprint density at radius 2 is 2.30 bits per heavy atom. The summed E-state index contributed by atoms with van der Waals surface area (Å²) in [5, 5.41) is 11.7. The van der Waals surface area contributed by atoms with E-state index in [-0.39, 0.29) is 12.5 Å². The van der Waals surface area contributed by atoms with Crippen LogP contribution < -0.4 is 5.32 Å². The summed E-state index contributed by atoms with van der Waals surface area (Å²) in [4.78, 5) is 13.6. The van der Waals surface area contributed by atoms with Crippen LogP contribution >= 0.6 is 11.3 Å². The molecule has 0 aliphatic carbocycles. The maximum Gasteiger partial charge on any atom is 0.261 e. The Balaban J connectivity index is 1.91. The van der Waals surface area contributed by atoms with E-state index >= 15 is 0 Å². The Bertz CT molecular complexity index is 521. The van der Waals surface area contributed by atoms with E-state index < -0.39 is 0 Å². The van der Waals surface area contributed by atoms with Gasteiger partial charge in [-0.2, -0.15) is 0 Å². The van der Waals surface area contributed by atoms with Crippen molar-refractivity contribution < 1.29 is 14.6 Å². The summed E-state index contributed by atoms with van der Waals surface area (Å²) in [6.07, 6.45) is 2.02. The first-order valence-corrected chi connectivity index (χ1v) is 7.58. The van der Waals surface area contributed by atoms with Crippen LogP contribution in [0.3, 0.4) is 0 Å². The van der Waals surface area contributed by atoms with E-state index in [2.05, 4.69) is 17.2 Å². The number of aliphatic hydroxyl groups is 1. The molecule has 5 heteroatoms. The molecule has 2 N–H and O–H groups in total. The molecule has 1 aromatic heterocycles. The van der Waals surface area contributed by atoms with Crippen molar-refractivity contribution in [2.45, 2.75) is 19.8 Å². The largest absolute Gasteiger partial charge is 0.384 e. The van der Waals surface area contributed by atoms with Gasteiger partial charge in [0, 0.05) is 19.8 Å². The average molecular weight is 293 g/mol. The van der Waals surface area contributed by atoms with E-state index in [1.807, 2.05) is 13.0 Å². The summed E-state index contributed by atoms with van der Waals surface area (Å²) in [7, 11) is 0. The Morgan fingerprint density at radius 1 is 1.55 bits per heavy atom. The Hall–Kier alpha value is -1.35. The normalized spacial score (nSPS) is 15.5. The molecule has 0 saturated carbocycles. The summed E-state index contributed by atoms with van der Waals surface area (Å²) < 4.78 is 5.30. The molecular formula is C15H19NO3S. The molecule has 20 heavy (non-hydrogen) atoms. The maximum atomic E-state index is 12.1. The molecule has 0 radical (unpaired) electrons. The molecule has 0 bridgehead atoms. The number of hydrogen-bond donors (Lipinski definition) is 2. The van der Waals surface area contributed by atoms with Crippen molar-refractivity contribution in [3.05, 3.63) is 21.4 Å². The summed E-state index contributed by atoms with van der Waals surface area (Å²) in [5.41, 5.74) is 0.979. The maximum absolute atomic E-state index is 12.1. The van der Waals surface area contributed by atoms with Crippen molar-refractivity contribution in [2.75, 3.05) is 26.4 Å². The summed E-state index contributed by atoms with van der Waals surface area (Å²) in [6.45, 7) is 4.05. The van der Waals surface area contributed by atoms with Gasteiger partial charge < -0.3 is 15.2 Å². The number of ether oxygens (including phenoxy) is 1. The lowest BCUT2D eigenvalue weighted by atomic mass is 10.0. The molecule has 108 valence electrons. The van der Waals surface area contributed by atoms with Gasteiger partial charge in [-0.05, 0) is 37.3 Å². The second-order valence-corrected chi connectivity index (χ2v) is 5.90. The van der Waals surface area contributed by atoms with Gasteiger partial charge in [0.15, 0.2) is 0 Å². The number of rotatable bonds is 3. The average Bonchev–Trinajstić information content (AvgIpc) is 2.85. The highest BCUT2D eigenvalue weighted by atomic mass is 32.1. The van der Waals surface area contributed by atoms with E-state index in [1.165, 1.54) is 11.3 Å². The molecule has 0 atom stereocenters. The number of carbonyl (C=O) groups is 1. The number of nitrogens with one attached hydrogen (secondary N) is 1. The third kappa shape index (κ3) is 4.07. The minimum Gasteiger partial charge on any atom is -0.384 e. The fourth-order valence-electron chi connectivity index (χ4n) is 2.11. The first kappa shape index (κ1) is 15.0. The van der Waals surface area contributed by atoms with Crippen LogP contribution in [0.4, 0.5) is 0 Å². The van der Waals surface area contributed by atoms with Gasteiger partial charge in [0.25, 0.3) is 5.91 Å². The van der Waals surface area contributed by atoms with Gasteiger partial charge >= 0.3 is 0 Å². The molecule has 1 aliphatic rings. The zero-order valence-corrected chi connectivity index (χ0v) is 12.4. The Morgan fingerprint density at radius 3 is 3.00 bits per heavy atom. The monoisotopic (exact) mass is 293 g/mol. The van der Waals surface area contributed by atoms with Crippen LogP contribution in [0.15, 0.2) is 6.07 Å². The van der Waals surface area contributed by atoms with Crippen LogP contribution in [-0.2, 0) is 4.74 Å². The van der Waals surface area contributed by atoms with Crippen molar-refractivity contribution in [1.29, 1.82) is 0 Å². The number of thiophene rings is 1. The Labute approximate surface area is 123 Å². The molecule has 4 nitrogen and oxygen atoms in total. The molecule has 2 rings (SSSR count). The predicted octanol–water partition coefficient (Wildman–Crippen LogP) is 1.56. The highest BCUT2D eigenvalue weighted by molar-refractivity contribution is 7.14. The highest BCUT2D eigenvalue weighted by Crippen LogP contribution is 2.21. The van der Waals surface area contributed by atoms with Crippen molar-refractivity contribution in [2.24, 2.45) is 5.92 Å². The smallest absolute Gasteiger partial charge is 0.261 e. The lowest BCUT2D eigenvalue weighted by Gasteiger charge is -2.21. The minimum atomic E-state index is -0.164. The zero-order chi connectivity index (χ0) is 14.4.